The lowest BCUT2D eigenvalue weighted by atomic mass is 9.61. The van der Waals surface area contributed by atoms with Gasteiger partial charge >= 0.3 is 0 Å². The molecule has 2 aliphatic carbocycles. The van der Waals surface area contributed by atoms with Gasteiger partial charge in [-0.3, -0.25) is 4.98 Å². The molecule has 2 aliphatic heterocycles. The second-order valence-electron chi connectivity index (χ2n) is 22.6. The van der Waals surface area contributed by atoms with E-state index in [0.29, 0.717) is 11.4 Å². The van der Waals surface area contributed by atoms with Crippen molar-refractivity contribution in [1.82, 2.24) is 4.98 Å². The monoisotopic (exact) mass is 977 g/mol. The van der Waals surface area contributed by atoms with Gasteiger partial charge in [0.15, 0.2) is 0 Å². The van der Waals surface area contributed by atoms with Gasteiger partial charge in [0.05, 0.1) is 11.1 Å². The molecule has 1 aromatic heterocycles. The zero-order valence-electron chi connectivity index (χ0n) is 42.1. The minimum atomic E-state index is -0.584. The van der Waals surface area contributed by atoms with Gasteiger partial charge in [-0.15, -0.1) is 0 Å². The van der Waals surface area contributed by atoms with Crippen LogP contribution in [0.25, 0.3) is 76.5 Å². The van der Waals surface area contributed by atoms with Gasteiger partial charge in [0.25, 0.3) is 0 Å². The first kappa shape index (κ1) is 45.1. The molecule has 10 aromatic rings. The van der Waals surface area contributed by atoms with E-state index in [0.717, 1.165) is 151 Å². The highest BCUT2D eigenvalue weighted by Crippen LogP contribution is 2.64. The van der Waals surface area contributed by atoms with Crippen LogP contribution in [0.5, 0.6) is 0 Å². The molecule has 4 atom stereocenters. The highest BCUT2D eigenvalue weighted by Gasteiger charge is 2.59. The maximum atomic E-state index is 15.2. The van der Waals surface area contributed by atoms with Crippen LogP contribution in [0.3, 0.4) is 0 Å². The van der Waals surface area contributed by atoms with Crippen molar-refractivity contribution in [3.05, 3.63) is 198 Å². The number of benzene rings is 9. The van der Waals surface area contributed by atoms with E-state index in [9.17, 15) is 0 Å². The number of rotatable bonds is 5. The molecule has 74 heavy (non-hydrogen) atoms. The number of halogens is 4. The zero-order chi connectivity index (χ0) is 50.5. The summed E-state index contributed by atoms with van der Waals surface area (Å²) < 4.78 is 60.6. The highest BCUT2D eigenvalue weighted by molar-refractivity contribution is 6.27. The van der Waals surface area contributed by atoms with Crippen molar-refractivity contribution >= 4 is 65.8 Å². The predicted molar refractivity (Wildman–Crippen MR) is 296 cm³/mol. The molecule has 9 aromatic carbocycles. The fraction of sp³-hybridized carbons (Fsp3) is 0.239. The van der Waals surface area contributed by atoms with E-state index in [1.165, 1.54) is 35.4 Å². The molecule has 14 rings (SSSR count). The van der Waals surface area contributed by atoms with Crippen LogP contribution < -0.4 is 9.80 Å². The quantitative estimate of drug-likeness (QED) is 0.0973. The van der Waals surface area contributed by atoms with E-state index >= 15 is 17.6 Å². The third-order valence-corrected chi connectivity index (χ3v) is 19.0. The van der Waals surface area contributed by atoms with E-state index < -0.39 is 34.3 Å². The number of pyridine rings is 1. The van der Waals surface area contributed by atoms with Crippen LogP contribution in [0.2, 0.25) is 0 Å². The van der Waals surface area contributed by atoms with Gasteiger partial charge in [0.2, 0.25) is 0 Å². The average Bonchev–Trinajstić information content (AvgIpc) is 3.84. The van der Waals surface area contributed by atoms with Crippen molar-refractivity contribution in [2.24, 2.45) is 0 Å². The molecular formula is C67H55F4N3. The Labute approximate surface area is 429 Å². The Morgan fingerprint density at radius 3 is 1.38 bits per heavy atom. The lowest BCUT2D eigenvalue weighted by Crippen LogP contribution is -2.54. The molecule has 2 saturated carbocycles. The maximum Gasteiger partial charge on any atom is 0.128 e. The number of hydrogen-bond donors (Lipinski definition) is 0. The Morgan fingerprint density at radius 2 is 0.878 bits per heavy atom. The molecule has 0 amide bonds. The summed E-state index contributed by atoms with van der Waals surface area (Å²) in [6, 6.07) is 50.2. The van der Waals surface area contributed by atoms with E-state index in [-0.39, 0.29) is 10.8 Å². The molecule has 4 aliphatic rings. The fourth-order valence-electron chi connectivity index (χ4n) is 15.1. The summed E-state index contributed by atoms with van der Waals surface area (Å²) in [5.74, 6) is -2.33. The van der Waals surface area contributed by atoms with Gasteiger partial charge < -0.3 is 9.80 Å². The van der Waals surface area contributed by atoms with Crippen LogP contribution in [0.15, 0.2) is 164 Å². The third-order valence-electron chi connectivity index (χ3n) is 19.0. The molecule has 2 fully saturated rings. The first-order valence-corrected chi connectivity index (χ1v) is 26.3. The van der Waals surface area contributed by atoms with Crippen molar-refractivity contribution < 1.29 is 17.6 Å². The summed E-state index contributed by atoms with van der Waals surface area (Å²) >= 11 is 0. The first-order valence-electron chi connectivity index (χ1n) is 26.3. The maximum absolute atomic E-state index is 15.2. The molecule has 7 heteroatoms. The summed E-state index contributed by atoms with van der Waals surface area (Å²) in [5.41, 5.74) is 10.5. The minimum Gasteiger partial charge on any atom is -0.334 e. The number of aromatic nitrogens is 1. The highest BCUT2D eigenvalue weighted by atomic mass is 19.1. The number of hydrogen-bond acceptors (Lipinski definition) is 3. The zero-order valence-corrected chi connectivity index (χ0v) is 42.1. The van der Waals surface area contributed by atoms with E-state index in [4.69, 9.17) is 0 Å². The Bertz CT molecular complexity index is 3980. The predicted octanol–water partition coefficient (Wildman–Crippen LogP) is 18.7. The molecule has 366 valence electrons. The molecule has 0 spiro atoms. The third kappa shape index (κ3) is 6.22. The summed E-state index contributed by atoms with van der Waals surface area (Å²) in [5, 5.41) is 9.01. The topological polar surface area (TPSA) is 19.4 Å². The Kier molecular flexibility index (Phi) is 9.76. The molecule has 0 saturated heterocycles. The number of nitrogens with zero attached hydrogens (tertiary/aromatic N) is 3. The van der Waals surface area contributed by atoms with Gasteiger partial charge in [-0.1, -0.05) is 106 Å². The van der Waals surface area contributed by atoms with Crippen LogP contribution in [0, 0.1) is 23.3 Å². The molecular weight excluding hydrogens is 923 g/mol. The first-order chi connectivity index (χ1) is 35.8. The largest absolute Gasteiger partial charge is 0.334 e. The van der Waals surface area contributed by atoms with E-state index in [1.807, 2.05) is 18.5 Å². The minimum absolute atomic E-state index is 0.314. The Balaban J connectivity index is 1.08. The fourth-order valence-corrected chi connectivity index (χ4v) is 15.1. The Hall–Kier alpha value is -7.51. The lowest BCUT2D eigenvalue weighted by molar-refractivity contribution is 0.195. The van der Waals surface area contributed by atoms with Gasteiger partial charge in [0.1, 0.15) is 23.3 Å². The van der Waals surface area contributed by atoms with Crippen molar-refractivity contribution in [2.45, 2.75) is 101 Å². The van der Waals surface area contributed by atoms with Gasteiger partial charge in [0, 0.05) is 63.7 Å². The summed E-state index contributed by atoms with van der Waals surface area (Å²) in [6.07, 6.45) is 11.6. The van der Waals surface area contributed by atoms with E-state index in [1.54, 1.807) is 0 Å². The lowest BCUT2D eigenvalue weighted by Gasteiger charge is -2.50. The molecule has 0 radical (unpaired) electrons. The van der Waals surface area contributed by atoms with Crippen molar-refractivity contribution in [3.63, 3.8) is 0 Å². The molecule has 3 heterocycles. The van der Waals surface area contributed by atoms with Crippen LogP contribution in [-0.2, 0) is 10.8 Å². The summed E-state index contributed by atoms with van der Waals surface area (Å²) in [4.78, 5) is 9.06. The number of fused-ring (bicyclic) bond motifs is 11. The van der Waals surface area contributed by atoms with Crippen LogP contribution >= 0.6 is 0 Å². The van der Waals surface area contributed by atoms with Gasteiger partial charge in [-0.2, -0.15) is 0 Å². The van der Waals surface area contributed by atoms with Crippen molar-refractivity contribution in [3.8, 4) is 33.4 Å². The van der Waals surface area contributed by atoms with Gasteiger partial charge in [-0.25, -0.2) is 17.6 Å². The van der Waals surface area contributed by atoms with Crippen molar-refractivity contribution in [1.29, 1.82) is 0 Å². The summed E-state index contributed by atoms with van der Waals surface area (Å²) in [7, 11) is 0. The average molecular weight is 978 g/mol. The standard InChI is InChI=1S/C67H55F4N3/c1-64-23-9-11-25-66(64,3)73(48-33-44(68)31-45(69)34-48)60-21-19-41(29-58(60)64)62-51-17-7-8-18-52(51)63(57-38-55-53(43-15-13-27-72-39-43)28-40-14-5-6-16-50(40)54(55)37-56(57)62)42-20-22-61-59(30-42)65(2)24-10-12-26-67(65,4)74(61)49-35-46(70)32-47(71)36-49/h5-8,13-22,27-39H,9-12,23-26H2,1-4H3. The second-order valence-corrected chi connectivity index (χ2v) is 22.6. The SMILES string of the molecule is CC12CCCCC1(C)N(c1cc(F)cc(F)c1)c1ccc(-c3c4ccccc4c(-c4ccc5c(c4)C4(C)CCCCC4(C)N5c4cc(F)cc(F)c4)c4cc5c(cc34)c(-c3cccnc3)cc3ccccc35)cc12. The Morgan fingerprint density at radius 1 is 0.405 bits per heavy atom. The van der Waals surface area contributed by atoms with Crippen molar-refractivity contribution in [2.75, 3.05) is 9.80 Å². The molecule has 3 nitrogen and oxygen atoms in total. The van der Waals surface area contributed by atoms with Crippen LogP contribution in [0.1, 0.15) is 90.2 Å². The molecule has 4 unspecified atom stereocenters. The smallest absolute Gasteiger partial charge is 0.128 e. The molecule has 0 N–H and O–H groups in total. The van der Waals surface area contributed by atoms with Crippen LogP contribution in [-0.4, -0.2) is 16.1 Å². The van der Waals surface area contributed by atoms with Crippen LogP contribution in [0.4, 0.5) is 40.3 Å². The number of anilines is 4. The molecule has 0 bridgehead atoms. The van der Waals surface area contributed by atoms with E-state index in [2.05, 4.69) is 152 Å². The summed E-state index contributed by atoms with van der Waals surface area (Å²) in [6.45, 7) is 9.29. The normalized spacial score (nSPS) is 23.1. The second kappa shape index (κ2) is 16.0. The van der Waals surface area contributed by atoms with Gasteiger partial charge in [-0.05, 0) is 194 Å².